The lowest BCUT2D eigenvalue weighted by atomic mass is 9.82. The molecule has 1 aliphatic carbocycles. The normalized spacial score (nSPS) is 22.3. The summed E-state index contributed by atoms with van der Waals surface area (Å²) in [5.41, 5.74) is 0. The molecule has 0 aromatic carbocycles. The molecule has 0 spiro atoms. The first-order valence-electron chi connectivity index (χ1n) is 6.59. The van der Waals surface area contributed by atoms with Gasteiger partial charge in [0, 0.05) is 12.3 Å². The van der Waals surface area contributed by atoms with Crippen molar-refractivity contribution in [3.63, 3.8) is 0 Å². The average Bonchev–Trinajstić information content (AvgIpc) is 2.34. The molecule has 5 nitrogen and oxygen atoms in total. The van der Waals surface area contributed by atoms with Gasteiger partial charge in [-0.05, 0) is 38.8 Å². The zero-order chi connectivity index (χ0) is 12.8. The third-order valence-electron chi connectivity index (χ3n) is 3.02. The van der Waals surface area contributed by atoms with E-state index in [0.29, 0.717) is 18.5 Å². The molecule has 5 heteroatoms. The van der Waals surface area contributed by atoms with E-state index in [2.05, 4.69) is 22.2 Å². The first-order chi connectivity index (χ1) is 8.81. The standard InChI is InChI=1S/C13H21N3O2/c1-3-6-17-12-4-5-15-13(16-12)18-11-7-10(8-11)9-14-2/h4-5,10-11,14H,3,6-9H2,1-2H3. The van der Waals surface area contributed by atoms with Crippen molar-refractivity contribution in [2.75, 3.05) is 20.2 Å². The van der Waals surface area contributed by atoms with Crippen LogP contribution >= 0.6 is 0 Å². The minimum atomic E-state index is 0.254. The lowest BCUT2D eigenvalue weighted by Gasteiger charge is -2.34. The molecule has 0 bridgehead atoms. The molecule has 1 aliphatic rings. The molecule has 0 unspecified atom stereocenters. The highest BCUT2D eigenvalue weighted by atomic mass is 16.5. The van der Waals surface area contributed by atoms with Gasteiger partial charge < -0.3 is 14.8 Å². The molecule has 1 aromatic rings. The Bertz CT molecular complexity index is 367. The summed E-state index contributed by atoms with van der Waals surface area (Å²) < 4.78 is 11.2. The number of aromatic nitrogens is 2. The number of ether oxygens (including phenoxy) is 2. The fraction of sp³-hybridized carbons (Fsp3) is 0.692. The van der Waals surface area contributed by atoms with Gasteiger partial charge in [0.25, 0.3) is 0 Å². The molecular formula is C13H21N3O2. The van der Waals surface area contributed by atoms with E-state index >= 15 is 0 Å². The molecule has 0 saturated heterocycles. The average molecular weight is 251 g/mol. The minimum absolute atomic E-state index is 0.254. The van der Waals surface area contributed by atoms with Gasteiger partial charge in [0.2, 0.25) is 5.88 Å². The summed E-state index contributed by atoms with van der Waals surface area (Å²) in [6.07, 6.45) is 5.05. The van der Waals surface area contributed by atoms with Gasteiger partial charge in [-0.1, -0.05) is 6.92 Å². The van der Waals surface area contributed by atoms with Crippen molar-refractivity contribution in [2.24, 2.45) is 5.92 Å². The molecule has 0 radical (unpaired) electrons. The van der Waals surface area contributed by atoms with E-state index in [4.69, 9.17) is 9.47 Å². The maximum atomic E-state index is 5.72. The summed E-state index contributed by atoms with van der Waals surface area (Å²) in [5, 5.41) is 3.18. The number of hydrogen-bond acceptors (Lipinski definition) is 5. The van der Waals surface area contributed by atoms with E-state index in [0.717, 1.165) is 31.7 Å². The summed E-state index contributed by atoms with van der Waals surface area (Å²) in [6, 6.07) is 2.18. The van der Waals surface area contributed by atoms with Crippen LogP contribution in [0.15, 0.2) is 12.3 Å². The van der Waals surface area contributed by atoms with Crippen LogP contribution in [0, 0.1) is 5.92 Å². The van der Waals surface area contributed by atoms with Gasteiger partial charge in [0.1, 0.15) is 6.10 Å². The van der Waals surface area contributed by atoms with Crippen LogP contribution in [0.4, 0.5) is 0 Å². The quantitative estimate of drug-likeness (QED) is 0.798. The van der Waals surface area contributed by atoms with Crippen molar-refractivity contribution < 1.29 is 9.47 Å². The molecule has 1 heterocycles. The van der Waals surface area contributed by atoms with Gasteiger partial charge in [0.05, 0.1) is 6.61 Å². The first-order valence-corrected chi connectivity index (χ1v) is 6.59. The highest BCUT2D eigenvalue weighted by molar-refractivity contribution is 5.11. The van der Waals surface area contributed by atoms with Crippen molar-refractivity contribution >= 4 is 0 Å². The Hall–Kier alpha value is -1.36. The van der Waals surface area contributed by atoms with Gasteiger partial charge >= 0.3 is 6.01 Å². The Kier molecular flexibility index (Phi) is 4.75. The number of hydrogen-bond donors (Lipinski definition) is 1. The van der Waals surface area contributed by atoms with Crippen LogP contribution in [0.2, 0.25) is 0 Å². The fourth-order valence-corrected chi connectivity index (χ4v) is 2.04. The molecule has 0 amide bonds. The van der Waals surface area contributed by atoms with Crippen LogP contribution in [0.25, 0.3) is 0 Å². The Morgan fingerprint density at radius 1 is 1.44 bits per heavy atom. The highest BCUT2D eigenvalue weighted by Gasteiger charge is 2.30. The summed E-state index contributed by atoms with van der Waals surface area (Å²) in [4.78, 5) is 8.34. The molecule has 1 saturated carbocycles. The largest absolute Gasteiger partial charge is 0.478 e. The van der Waals surface area contributed by atoms with E-state index in [1.165, 1.54) is 0 Å². The monoisotopic (exact) mass is 251 g/mol. The van der Waals surface area contributed by atoms with Gasteiger partial charge in [-0.2, -0.15) is 4.98 Å². The smallest absolute Gasteiger partial charge is 0.319 e. The number of rotatable bonds is 7. The van der Waals surface area contributed by atoms with Crippen molar-refractivity contribution in [1.82, 2.24) is 15.3 Å². The van der Waals surface area contributed by atoms with Crippen LogP contribution in [0.3, 0.4) is 0 Å². The molecule has 18 heavy (non-hydrogen) atoms. The Balaban J connectivity index is 1.79. The van der Waals surface area contributed by atoms with Gasteiger partial charge in [-0.3, -0.25) is 0 Å². The highest BCUT2D eigenvalue weighted by Crippen LogP contribution is 2.29. The molecule has 1 N–H and O–H groups in total. The van der Waals surface area contributed by atoms with Crippen molar-refractivity contribution in [3.8, 4) is 11.9 Å². The summed E-state index contributed by atoms with van der Waals surface area (Å²) in [7, 11) is 1.98. The number of nitrogens with zero attached hydrogens (tertiary/aromatic N) is 2. The first kappa shape index (κ1) is 13.1. The predicted molar refractivity (Wildman–Crippen MR) is 68.9 cm³/mol. The SMILES string of the molecule is CCCOc1ccnc(OC2CC(CNC)C2)n1. The second kappa shape index (κ2) is 6.54. The second-order valence-corrected chi connectivity index (χ2v) is 4.66. The van der Waals surface area contributed by atoms with E-state index in [1.807, 2.05) is 7.05 Å². The fourth-order valence-electron chi connectivity index (χ4n) is 2.04. The summed E-state index contributed by atoms with van der Waals surface area (Å²) >= 11 is 0. The predicted octanol–water partition coefficient (Wildman–Crippen LogP) is 1.64. The summed E-state index contributed by atoms with van der Waals surface area (Å²) in [6.45, 7) is 3.79. The van der Waals surface area contributed by atoms with Gasteiger partial charge in [-0.25, -0.2) is 4.98 Å². The van der Waals surface area contributed by atoms with E-state index in [-0.39, 0.29) is 6.10 Å². The Labute approximate surface area is 108 Å². The van der Waals surface area contributed by atoms with E-state index in [9.17, 15) is 0 Å². The maximum Gasteiger partial charge on any atom is 0.319 e. The molecule has 0 aliphatic heterocycles. The second-order valence-electron chi connectivity index (χ2n) is 4.66. The molecule has 2 rings (SSSR count). The van der Waals surface area contributed by atoms with Crippen LogP contribution in [-0.4, -0.2) is 36.3 Å². The zero-order valence-electron chi connectivity index (χ0n) is 11.1. The summed E-state index contributed by atoms with van der Waals surface area (Å²) in [5.74, 6) is 1.31. The van der Waals surface area contributed by atoms with Crippen LogP contribution in [-0.2, 0) is 0 Å². The van der Waals surface area contributed by atoms with Crippen molar-refractivity contribution in [2.45, 2.75) is 32.3 Å². The number of nitrogens with one attached hydrogen (secondary N) is 1. The lowest BCUT2D eigenvalue weighted by Crippen LogP contribution is -2.39. The molecular weight excluding hydrogens is 230 g/mol. The molecule has 100 valence electrons. The zero-order valence-corrected chi connectivity index (χ0v) is 11.1. The Morgan fingerprint density at radius 2 is 2.28 bits per heavy atom. The van der Waals surface area contributed by atoms with Crippen molar-refractivity contribution in [1.29, 1.82) is 0 Å². The minimum Gasteiger partial charge on any atom is -0.478 e. The van der Waals surface area contributed by atoms with Gasteiger partial charge in [-0.15, -0.1) is 0 Å². The van der Waals surface area contributed by atoms with Crippen molar-refractivity contribution in [3.05, 3.63) is 12.3 Å². The van der Waals surface area contributed by atoms with Gasteiger partial charge in [0.15, 0.2) is 0 Å². The molecule has 0 atom stereocenters. The maximum absolute atomic E-state index is 5.72. The van der Waals surface area contributed by atoms with Crippen LogP contribution < -0.4 is 14.8 Å². The third kappa shape index (κ3) is 3.57. The third-order valence-corrected chi connectivity index (χ3v) is 3.02. The lowest BCUT2D eigenvalue weighted by molar-refractivity contribution is 0.0565. The van der Waals surface area contributed by atoms with Crippen LogP contribution in [0.5, 0.6) is 11.9 Å². The topological polar surface area (TPSA) is 56.3 Å². The van der Waals surface area contributed by atoms with Crippen LogP contribution in [0.1, 0.15) is 26.2 Å². The van der Waals surface area contributed by atoms with E-state index < -0.39 is 0 Å². The Morgan fingerprint density at radius 3 is 3.00 bits per heavy atom. The molecule has 1 fully saturated rings. The van der Waals surface area contributed by atoms with E-state index in [1.54, 1.807) is 12.3 Å². The molecule has 1 aromatic heterocycles.